The summed E-state index contributed by atoms with van der Waals surface area (Å²) in [4.78, 5) is 11.4. The molecule has 0 fully saturated rings. The van der Waals surface area contributed by atoms with Gasteiger partial charge in [0.2, 0.25) is 0 Å². The maximum atomic E-state index is 11.4. The topological polar surface area (TPSA) is 70.6 Å². The molecule has 1 aromatic heterocycles. The van der Waals surface area contributed by atoms with Crippen molar-refractivity contribution in [2.24, 2.45) is 0 Å². The third kappa shape index (κ3) is 5.03. The minimum atomic E-state index is -1.04. The molecule has 0 bridgehead atoms. The summed E-state index contributed by atoms with van der Waals surface area (Å²) in [6.07, 6.45) is 0. The van der Waals surface area contributed by atoms with Crippen molar-refractivity contribution in [1.82, 2.24) is 10.6 Å². The van der Waals surface area contributed by atoms with E-state index in [0.717, 1.165) is 5.56 Å². The van der Waals surface area contributed by atoms with Crippen LogP contribution >= 0.6 is 11.3 Å². The molecule has 0 aliphatic carbocycles. The lowest BCUT2D eigenvalue weighted by Gasteiger charge is -2.22. The van der Waals surface area contributed by atoms with Crippen LogP contribution in [0.2, 0.25) is 0 Å². The van der Waals surface area contributed by atoms with Crippen LogP contribution < -0.4 is 10.6 Å². The maximum Gasteiger partial charge on any atom is 0.314 e. The van der Waals surface area contributed by atoms with Gasteiger partial charge in [-0.1, -0.05) is 0 Å². The molecule has 6 heteroatoms. The third-order valence-electron chi connectivity index (χ3n) is 2.47. The highest BCUT2D eigenvalue weighted by molar-refractivity contribution is 7.08. The summed E-state index contributed by atoms with van der Waals surface area (Å²) < 4.78 is 5.10. The van der Waals surface area contributed by atoms with E-state index in [-0.39, 0.29) is 12.6 Å². The van der Waals surface area contributed by atoms with E-state index in [0.29, 0.717) is 19.8 Å². The first kappa shape index (κ1) is 14.9. The molecule has 3 N–H and O–H groups in total. The molecule has 0 aromatic carbocycles. The smallest absolute Gasteiger partial charge is 0.314 e. The predicted octanol–water partition coefficient (Wildman–Crippen LogP) is 1.29. The zero-order chi connectivity index (χ0) is 13.4. The normalized spacial score (nSPS) is 13.9. The Morgan fingerprint density at radius 1 is 1.56 bits per heavy atom. The Balaban J connectivity index is 2.25. The van der Waals surface area contributed by atoms with E-state index in [4.69, 9.17) is 4.74 Å². The molecule has 1 heterocycles. The molecule has 102 valence electrons. The quantitative estimate of drug-likeness (QED) is 0.655. The van der Waals surface area contributed by atoms with Crippen molar-refractivity contribution in [1.29, 1.82) is 0 Å². The highest BCUT2D eigenvalue weighted by atomic mass is 32.1. The first-order valence-electron chi connectivity index (χ1n) is 5.90. The fourth-order valence-electron chi connectivity index (χ4n) is 1.37. The number of ether oxygens (including phenoxy) is 1. The third-order valence-corrected chi connectivity index (χ3v) is 3.16. The number of hydrogen-bond donors (Lipinski definition) is 3. The summed E-state index contributed by atoms with van der Waals surface area (Å²) >= 11 is 1.52. The minimum absolute atomic E-state index is 0.171. The molecule has 5 nitrogen and oxygen atoms in total. The Bertz CT molecular complexity index is 352. The van der Waals surface area contributed by atoms with Crippen molar-refractivity contribution in [2.45, 2.75) is 19.4 Å². The summed E-state index contributed by atoms with van der Waals surface area (Å²) in [5.74, 6) is 0. The van der Waals surface area contributed by atoms with Gasteiger partial charge >= 0.3 is 6.03 Å². The van der Waals surface area contributed by atoms with Gasteiger partial charge in [-0.25, -0.2) is 4.79 Å². The number of hydrogen-bond acceptors (Lipinski definition) is 4. The van der Waals surface area contributed by atoms with Crippen LogP contribution in [0.25, 0.3) is 0 Å². The molecule has 0 saturated heterocycles. The van der Waals surface area contributed by atoms with Crippen LogP contribution in [0.15, 0.2) is 16.8 Å². The van der Waals surface area contributed by atoms with Crippen molar-refractivity contribution in [3.63, 3.8) is 0 Å². The monoisotopic (exact) mass is 272 g/mol. The molecule has 1 unspecified atom stereocenters. The van der Waals surface area contributed by atoms with Gasteiger partial charge in [-0.15, -0.1) is 0 Å². The fraction of sp³-hybridized carbons (Fsp3) is 0.583. The molecule has 0 spiro atoms. The molecule has 1 atom stereocenters. The lowest BCUT2D eigenvalue weighted by molar-refractivity contribution is 0.0597. The predicted molar refractivity (Wildman–Crippen MR) is 71.8 cm³/mol. The Labute approximate surface area is 111 Å². The fourth-order valence-corrected chi connectivity index (χ4v) is 2.15. The first-order chi connectivity index (χ1) is 8.56. The number of carbonyl (C=O) groups is 1. The summed E-state index contributed by atoms with van der Waals surface area (Å²) in [6.45, 7) is 5.33. The van der Waals surface area contributed by atoms with E-state index >= 15 is 0 Å². The van der Waals surface area contributed by atoms with E-state index in [1.807, 2.05) is 23.8 Å². The zero-order valence-corrected chi connectivity index (χ0v) is 11.5. The molecule has 18 heavy (non-hydrogen) atoms. The van der Waals surface area contributed by atoms with Gasteiger partial charge < -0.3 is 20.5 Å². The van der Waals surface area contributed by atoms with E-state index in [1.165, 1.54) is 11.3 Å². The van der Waals surface area contributed by atoms with Gasteiger partial charge in [-0.05, 0) is 36.2 Å². The first-order valence-corrected chi connectivity index (χ1v) is 6.85. The molecule has 0 saturated carbocycles. The standard InChI is InChI=1S/C12H20N2O3S/c1-3-17-6-5-13-11(15)14-9-12(2,16)10-4-7-18-8-10/h4,7-8,16H,3,5-6,9H2,1-2H3,(H2,13,14,15). The minimum Gasteiger partial charge on any atom is -0.384 e. The van der Waals surface area contributed by atoms with Gasteiger partial charge in [0.05, 0.1) is 13.2 Å². The Morgan fingerprint density at radius 2 is 2.33 bits per heavy atom. The number of carbonyl (C=O) groups excluding carboxylic acids is 1. The molecule has 1 aromatic rings. The summed E-state index contributed by atoms with van der Waals surface area (Å²) in [7, 11) is 0. The molecule has 1 rings (SSSR count). The maximum absolute atomic E-state index is 11.4. The number of thiophene rings is 1. The molecular weight excluding hydrogens is 252 g/mol. The van der Waals surface area contributed by atoms with Crippen molar-refractivity contribution in [3.05, 3.63) is 22.4 Å². The Hall–Kier alpha value is -1.11. The van der Waals surface area contributed by atoms with Crippen LogP contribution in [0, 0.1) is 0 Å². The van der Waals surface area contributed by atoms with Crippen molar-refractivity contribution < 1.29 is 14.6 Å². The van der Waals surface area contributed by atoms with E-state index < -0.39 is 5.60 Å². The van der Waals surface area contributed by atoms with Crippen LogP contribution in [0.3, 0.4) is 0 Å². The highest BCUT2D eigenvalue weighted by Gasteiger charge is 2.23. The zero-order valence-electron chi connectivity index (χ0n) is 10.7. The second-order valence-corrected chi connectivity index (χ2v) is 4.87. The van der Waals surface area contributed by atoms with Crippen molar-refractivity contribution >= 4 is 17.4 Å². The number of aliphatic hydroxyl groups is 1. The summed E-state index contributed by atoms with van der Waals surface area (Å²) in [5.41, 5.74) is -0.237. The van der Waals surface area contributed by atoms with Gasteiger partial charge in [-0.3, -0.25) is 0 Å². The van der Waals surface area contributed by atoms with Crippen molar-refractivity contribution in [2.75, 3.05) is 26.3 Å². The average molecular weight is 272 g/mol. The molecule has 0 aliphatic rings. The molecule has 0 radical (unpaired) electrons. The SMILES string of the molecule is CCOCCNC(=O)NCC(C)(O)c1ccsc1. The van der Waals surface area contributed by atoms with Crippen LogP contribution in [-0.2, 0) is 10.3 Å². The number of rotatable bonds is 7. The van der Waals surface area contributed by atoms with E-state index in [9.17, 15) is 9.90 Å². The van der Waals surface area contributed by atoms with E-state index in [2.05, 4.69) is 10.6 Å². The van der Waals surface area contributed by atoms with Gasteiger partial charge in [0.1, 0.15) is 5.60 Å². The summed E-state index contributed by atoms with van der Waals surface area (Å²) in [5, 5.41) is 19.2. The largest absolute Gasteiger partial charge is 0.384 e. The summed E-state index contributed by atoms with van der Waals surface area (Å²) in [6, 6.07) is 1.55. The van der Waals surface area contributed by atoms with Crippen LogP contribution in [0.1, 0.15) is 19.4 Å². The molecule has 0 aliphatic heterocycles. The number of urea groups is 1. The number of amides is 2. The van der Waals surface area contributed by atoms with Gasteiger partial charge in [0, 0.05) is 13.2 Å². The highest BCUT2D eigenvalue weighted by Crippen LogP contribution is 2.21. The lowest BCUT2D eigenvalue weighted by atomic mass is 9.99. The van der Waals surface area contributed by atoms with Crippen LogP contribution in [0.4, 0.5) is 4.79 Å². The van der Waals surface area contributed by atoms with Crippen LogP contribution in [-0.4, -0.2) is 37.4 Å². The number of nitrogens with one attached hydrogen (secondary N) is 2. The van der Waals surface area contributed by atoms with Gasteiger partial charge in [0.25, 0.3) is 0 Å². The van der Waals surface area contributed by atoms with Gasteiger partial charge in [-0.2, -0.15) is 11.3 Å². The van der Waals surface area contributed by atoms with Gasteiger partial charge in [0.15, 0.2) is 0 Å². The molecule has 2 amide bonds. The Kier molecular flexibility index (Phi) is 6.11. The molecular formula is C12H20N2O3S. The lowest BCUT2D eigenvalue weighted by Crippen LogP contribution is -2.44. The second kappa shape index (κ2) is 7.35. The second-order valence-electron chi connectivity index (χ2n) is 4.09. The van der Waals surface area contributed by atoms with Crippen molar-refractivity contribution in [3.8, 4) is 0 Å². The Morgan fingerprint density at radius 3 is 2.94 bits per heavy atom. The van der Waals surface area contributed by atoms with E-state index in [1.54, 1.807) is 6.92 Å². The average Bonchev–Trinajstić information content (AvgIpc) is 2.87. The van der Waals surface area contributed by atoms with Crippen LogP contribution in [0.5, 0.6) is 0 Å².